The maximum Gasteiger partial charge on any atom is 0.253 e. The van der Waals surface area contributed by atoms with Crippen LogP contribution < -0.4 is 0 Å². The number of nitrogens with one attached hydrogen (secondary N) is 1. The summed E-state index contributed by atoms with van der Waals surface area (Å²) in [6.45, 7) is 2.86. The summed E-state index contributed by atoms with van der Waals surface area (Å²) in [7, 11) is 1.79. The Balaban J connectivity index is 2.75. The predicted octanol–water partition coefficient (Wildman–Crippen LogP) is 3.22. The Morgan fingerprint density at radius 2 is 2.25 bits per heavy atom. The van der Waals surface area contributed by atoms with Crippen molar-refractivity contribution in [3.63, 3.8) is 0 Å². The van der Waals surface area contributed by atoms with Gasteiger partial charge < -0.3 is 4.90 Å². The van der Waals surface area contributed by atoms with Crippen molar-refractivity contribution in [3.05, 3.63) is 29.8 Å². The van der Waals surface area contributed by atoms with Crippen LogP contribution in [0.3, 0.4) is 0 Å². The number of benzene rings is 1. The highest BCUT2D eigenvalue weighted by molar-refractivity contribution is 5.94. The molecule has 0 saturated heterocycles. The van der Waals surface area contributed by atoms with E-state index >= 15 is 0 Å². The van der Waals surface area contributed by atoms with E-state index in [0.717, 1.165) is 19.4 Å². The zero-order valence-electron chi connectivity index (χ0n) is 9.73. The van der Waals surface area contributed by atoms with Crippen LogP contribution in [0.1, 0.15) is 30.1 Å². The van der Waals surface area contributed by atoms with E-state index in [0.29, 0.717) is 11.3 Å². The van der Waals surface area contributed by atoms with Crippen LogP contribution in [0.15, 0.2) is 29.4 Å². The van der Waals surface area contributed by atoms with Gasteiger partial charge in [0.2, 0.25) is 0 Å². The highest BCUT2D eigenvalue weighted by Crippen LogP contribution is 2.14. The fourth-order valence-electron chi connectivity index (χ4n) is 1.43. The van der Waals surface area contributed by atoms with E-state index in [1.54, 1.807) is 36.2 Å². The minimum Gasteiger partial charge on any atom is -0.342 e. The fraction of sp³-hybridized carbons (Fsp3) is 0.417. The van der Waals surface area contributed by atoms with Gasteiger partial charge in [-0.1, -0.05) is 19.4 Å². The molecule has 0 radical (unpaired) electrons. The number of carbonyl (C=O) groups is 1. The summed E-state index contributed by atoms with van der Waals surface area (Å²) < 4.78 is 0. The summed E-state index contributed by atoms with van der Waals surface area (Å²) in [4.78, 5) is 13.6. The standard InChI is InChI=1S/C12H17N3O/c1-3-4-8-15(2)12(16)10-6-5-7-11(9-10)14-13/h5-7,9,13H,3-4,8H2,1-2H3. The van der Waals surface area contributed by atoms with Gasteiger partial charge in [0.05, 0.1) is 5.69 Å². The van der Waals surface area contributed by atoms with E-state index in [2.05, 4.69) is 12.0 Å². The Morgan fingerprint density at radius 3 is 2.88 bits per heavy atom. The number of rotatable bonds is 5. The van der Waals surface area contributed by atoms with Gasteiger partial charge in [-0.2, -0.15) is 5.11 Å². The van der Waals surface area contributed by atoms with Crippen molar-refractivity contribution in [2.24, 2.45) is 5.11 Å². The van der Waals surface area contributed by atoms with Gasteiger partial charge in [0.15, 0.2) is 0 Å². The zero-order valence-corrected chi connectivity index (χ0v) is 9.73. The monoisotopic (exact) mass is 219 g/mol. The molecule has 0 aliphatic carbocycles. The summed E-state index contributed by atoms with van der Waals surface area (Å²) in [6.07, 6.45) is 2.07. The lowest BCUT2D eigenvalue weighted by molar-refractivity contribution is 0.0793. The fourth-order valence-corrected chi connectivity index (χ4v) is 1.43. The second-order valence-corrected chi connectivity index (χ2v) is 3.74. The van der Waals surface area contributed by atoms with Gasteiger partial charge in [-0.05, 0) is 24.6 Å². The van der Waals surface area contributed by atoms with Crippen molar-refractivity contribution in [2.45, 2.75) is 19.8 Å². The van der Waals surface area contributed by atoms with Crippen LogP contribution in [0.2, 0.25) is 0 Å². The maximum atomic E-state index is 11.9. The third kappa shape index (κ3) is 3.15. The number of amides is 1. The van der Waals surface area contributed by atoms with Crippen LogP contribution in [0.5, 0.6) is 0 Å². The van der Waals surface area contributed by atoms with E-state index in [4.69, 9.17) is 5.53 Å². The Morgan fingerprint density at radius 1 is 1.50 bits per heavy atom. The molecule has 4 nitrogen and oxygen atoms in total. The average molecular weight is 219 g/mol. The Bertz CT molecular complexity index is 376. The molecule has 0 heterocycles. The van der Waals surface area contributed by atoms with Crippen LogP contribution >= 0.6 is 0 Å². The minimum atomic E-state index is -0.0149. The van der Waals surface area contributed by atoms with Crippen molar-refractivity contribution in [1.29, 1.82) is 5.53 Å². The molecule has 0 atom stereocenters. The molecule has 0 fully saturated rings. The molecule has 0 saturated carbocycles. The van der Waals surface area contributed by atoms with E-state index in [1.807, 2.05) is 0 Å². The van der Waals surface area contributed by atoms with Gasteiger partial charge in [0, 0.05) is 19.2 Å². The predicted molar refractivity (Wildman–Crippen MR) is 63.1 cm³/mol. The number of nitrogens with zero attached hydrogens (tertiary/aromatic N) is 2. The Hall–Kier alpha value is -1.71. The summed E-state index contributed by atoms with van der Waals surface area (Å²) in [5.74, 6) is -0.0149. The maximum absolute atomic E-state index is 11.9. The number of hydrogen-bond acceptors (Lipinski definition) is 3. The lowest BCUT2D eigenvalue weighted by atomic mass is 10.1. The average Bonchev–Trinajstić information content (AvgIpc) is 2.35. The molecular formula is C12H17N3O. The lowest BCUT2D eigenvalue weighted by Gasteiger charge is -2.16. The summed E-state index contributed by atoms with van der Waals surface area (Å²) >= 11 is 0. The summed E-state index contributed by atoms with van der Waals surface area (Å²) in [5, 5.41) is 3.31. The topological polar surface area (TPSA) is 56.5 Å². The van der Waals surface area contributed by atoms with Crippen molar-refractivity contribution in [1.82, 2.24) is 4.90 Å². The molecule has 86 valence electrons. The van der Waals surface area contributed by atoms with Gasteiger partial charge in [-0.15, -0.1) is 0 Å². The van der Waals surface area contributed by atoms with Gasteiger partial charge in [0.1, 0.15) is 0 Å². The quantitative estimate of drug-likeness (QED) is 0.759. The molecule has 0 bridgehead atoms. The van der Waals surface area contributed by atoms with Crippen molar-refractivity contribution in [2.75, 3.05) is 13.6 Å². The molecule has 0 unspecified atom stereocenters. The number of hydrogen-bond donors (Lipinski definition) is 1. The van der Waals surface area contributed by atoms with Crippen LogP contribution in [-0.2, 0) is 0 Å². The molecule has 0 spiro atoms. The van der Waals surface area contributed by atoms with E-state index in [-0.39, 0.29) is 5.91 Å². The first-order valence-electron chi connectivity index (χ1n) is 5.42. The van der Waals surface area contributed by atoms with Crippen LogP contribution in [-0.4, -0.2) is 24.4 Å². The number of unbranched alkanes of at least 4 members (excludes halogenated alkanes) is 1. The molecule has 0 aromatic heterocycles. The molecule has 1 aromatic rings. The zero-order chi connectivity index (χ0) is 12.0. The van der Waals surface area contributed by atoms with Gasteiger partial charge >= 0.3 is 0 Å². The number of carbonyl (C=O) groups excluding carboxylic acids is 1. The lowest BCUT2D eigenvalue weighted by Crippen LogP contribution is -2.27. The SMILES string of the molecule is CCCCN(C)C(=O)c1cccc(N=N)c1. The summed E-state index contributed by atoms with van der Waals surface area (Å²) in [5.41, 5.74) is 8.00. The molecule has 0 aliphatic rings. The van der Waals surface area contributed by atoms with Crippen LogP contribution in [0.25, 0.3) is 0 Å². The largest absolute Gasteiger partial charge is 0.342 e. The van der Waals surface area contributed by atoms with E-state index in [1.165, 1.54) is 0 Å². The molecule has 1 N–H and O–H groups in total. The van der Waals surface area contributed by atoms with E-state index in [9.17, 15) is 4.79 Å². The smallest absolute Gasteiger partial charge is 0.253 e. The third-order valence-electron chi connectivity index (χ3n) is 2.42. The highest BCUT2D eigenvalue weighted by Gasteiger charge is 2.10. The van der Waals surface area contributed by atoms with Gasteiger partial charge in [0.25, 0.3) is 5.91 Å². The van der Waals surface area contributed by atoms with Gasteiger partial charge in [-0.25, -0.2) is 5.53 Å². The molecule has 1 aromatic carbocycles. The molecule has 4 heteroatoms. The molecule has 16 heavy (non-hydrogen) atoms. The first-order chi connectivity index (χ1) is 7.69. The third-order valence-corrected chi connectivity index (χ3v) is 2.42. The second kappa shape index (κ2) is 6.00. The Labute approximate surface area is 95.8 Å². The first-order valence-corrected chi connectivity index (χ1v) is 5.42. The molecule has 0 aliphatic heterocycles. The Kier molecular flexibility index (Phi) is 4.64. The normalized spacial score (nSPS) is 9.88. The first kappa shape index (κ1) is 12.4. The van der Waals surface area contributed by atoms with Crippen LogP contribution in [0.4, 0.5) is 5.69 Å². The molecule has 1 amide bonds. The van der Waals surface area contributed by atoms with Crippen molar-refractivity contribution >= 4 is 11.6 Å². The van der Waals surface area contributed by atoms with Crippen molar-refractivity contribution in [3.8, 4) is 0 Å². The second-order valence-electron chi connectivity index (χ2n) is 3.74. The van der Waals surface area contributed by atoms with Gasteiger partial charge in [-0.3, -0.25) is 4.79 Å². The minimum absolute atomic E-state index is 0.0149. The summed E-state index contributed by atoms with van der Waals surface area (Å²) in [6, 6.07) is 6.83. The highest BCUT2D eigenvalue weighted by atomic mass is 16.2. The molecular weight excluding hydrogens is 202 g/mol. The van der Waals surface area contributed by atoms with Crippen LogP contribution in [0, 0.1) is 5.53 Å². The molecule has 1 rings (SSSR count). The van der Waals surface area contributed by atoms with Crippen molar-refractivity contribution < 1.29 is 4.79 Å². The van der Waals surface area contributed by atoms with E-state index < -0.39 is 0 Å².